The van der Waals surface area contributed by atoms with Crippen molar-refractivity contribution in [3.8, 4) is 5.75 Å². The molecule has 0 amide bonds. The Morgan fingerprint density at radius 3 is 2.09 bits per heavy atom. The summed E-state index contributed by atoms with van der Waals surface area (Å²) in [4.78, 5) is 0. The van der Waals surface area contributed by atoms with Crippen LogP contribution in [-0.4, -0.2) is 7.11 Å². The van der Waals surface area contributed by atoms with Gasteiger partial charge in [-0.3, -0.25) is 12.1 Å². The summed E-state index contributed by atoms with van der Waals surface area (Å²) in [6, 6.07) is 8.86. The second kappa shape index (κ2) is 7.67. The molecule has 0 fully saturated rings. The Kier molecular flexibility index (Phi) is 10.1. The second-order valence-corrected chi connectivity index (χ2v) is 1.61. The zero-order valence-electron chi connectivity index (χ0n) is 6.29. The molecule has 11 heavy (non-hydrogen) atoms. The Labute approximate surface area is 117 Å². The van der Waals surface area contributed by atoms with Gasteiger partial charge in [0.2, 0.25) is 0 Å². The predicted octanol–water partition coefficient (Wildman–Crippen LogP) is 0.873. The molecule has 0 aliphatic rings. The Morgan fingerprint density at radius 2 is 1.73 bits per heavy atom. The van der Waals surface area contributed by atoms with E-state index in [4.69, 9.17) is 10.5 Å². The first-order valence-electron chi connectivity index (χ1n) is 2.56. The van der Waals surface area contributed by atoms with E-state index in [0.717, 1.165) is 0 Å². The summed E-state index contributed by atoms with van der Waals surface area (Å²) < 4.78 is 4.80. The minimum absolute atomic E-state index is 0. The molecule has 1 aromatic rings. The normalized spacial score (nSPS) is 7.36. The number of methoxy groups -OCH3 is 1. The molecule has 0 aliphatic carbocycles. The number of ether oxygens (including phenoxy) is 1. The van der Waals surface area contributed by atoms with Crippen LogP contribution in [0, 0.1) is 12.1 Å². The van der Waals surface area contributed by atoms with Crippen LogP contribution in [-0.2, 0) is 65.4 Å². The number of nitrogen functional groups attached to an aromatic ring is 1. The maximum Gasteiger partial charge on any atom is 0.0714 e. The van der Waals surface area contributed by atoms with E-state index in [1.54, 1.807) is 19.2 Å². The van der Waals surface area contributed by atoms with E-state index in [2.05, 4.69) is 12.1 Å². The van der Waals surface area contributed by atoms with E-state index >= 15 is 0 Å². The van der Waals surface area contributed by atoms with Gasteiger partial charge in [-0.1, -0.05) is 0 Å². The molecule has 0 unspecified atom stereocenters. The summed E-state index contributed by atoms with van der Waals surface area (Å²) in [6.07, 6.45) is 0. The molecule has 2 nitrogen and oxygen atoms in total. The van der Waals surface area contributed by atoms with Crippen molar-refractivity contribution in [1.82, 2.24) is 0 Å². The molecule has 2 radical (unpaired) electrons. The van der Waals surface area contributed by atoms with Crippen LogP contribution in [0.5, 0.6) is 5.75 Å². The molecule has 1 rings (SSSR count). The minimum atomic E-state index is 0. The van der Waals surface area contributed by atoms with Crippen LogP contribution in [0.3, 0.4) is 0 Å². The zero-order chi connectivity index (χ0) is 6.69. The van der Waals surface area contributed by atoms with Gasteiger partial charge in [0.1, 0.15) is 0 Å². The van der Waals surface area contributed by atoms with Gasteiger partial charge in [0.25, 0.3) is 0 Å². The first-order valence-corrected chi connectivity index (χ1v) is 2.56. The van der Waals surface area contributed by atoms with Gasteiger partial charge in [-0.2, -0.15) is 5.69 Å². The van der Waals surface area contributed by atoms with Crippen LogP contribution < -0.4 is 10.5 Å². The Bertz CT molecular complexity index is 188. The number of anilines is 1. The summed E-state index contributed by atoms with van der Waals surface area (Å²) in [5, 5.41) is 0. The standard InChI is InChI=1S/C7H7NO.2Y/c1-9-7-4-2-6(8)3-5-7;;/h2-3H,8H2,1H3;;/q-2;;. The van der Waals surface area contributed by atoms with Crippen molar-refractivity contribution in [1.29, 1.82) is 0 Å². The molecular formula is C7H7NOY2-2. The van der Waals surface area contributed by atoms with Crippen molar-refractivity contribution in [2.45, 2.75) is 0 Å². The zero-order valence-corrected chi connectivity index (χ0v) is 12.0. The van der Waals surface area contributed by atoms with Crippen molar-refractivity contribution < 1.29 is 70.2 Å². The van der Waals surface area contributed by atoms with Crippen LogP contribution in [0.15, 0.2) is 12.1 Å². The summed E-state index contributed by atoms with van der Waals surface area (Å²) in [5.41, 5.74) is 6.01. The monoisotopic (exact) mass is 299 g/mol. The van der Waals surface area contributed by atoms with Gasteiger partial charge in [0.15, 0.2) is 0 Å². The quantitative estimate of drug-likeness (QED) is 0.617. The molecule has 4 heteroatoms. The van der Waals surface area contributed by atoms with Crippen molar-refractivity contribution in [2.75, 3.05) is 12.8 Å². The fourth-order valence-electron chi connectivity index (χ4n) is 0.499. The van der Waals surface area contributed by atoms with Gasteiger partial charge in [-0.05, 0) is 0 Å². The average Bonchev–Trinajstić information content (AvgIpc) is 1.90. The third kappa shape index (κ3) is 5.30. The number of nitrogens with two attached hydrogens (primary N) is 1. The number of hydrogen-bond acceptors (Lipinski definition) is 2. The van der Waals surface area contributed by atoms with Gasteiger partial charge in [-0.25, -0.2) is 0 Å². The molecule has 0 saturated carbocycles. The van der Waals surface area contributed by atoms with Crippen LogP contribution in [0.25, 0.3) is 0 Å². The number of benzene rings is 1. The molecular weight excluding hydrogens is 292 g/mol. The van der Waals surface area contributed by atoms with E-state index in [1.165, 1.54) is 0 Å². The smallest absolute Gasteiger partial charge is 0.0714 e. The molecule has 2 N–H and O–H groups in total. The molecule has 54 valence electrons. The van der Waals surface area contributed by atoms with Gasteiger partial charge in [0, 0.05) is 65.4 Å². The first kappa shape index (κ1) is 14.5. The third-order valence-electron chi connectivity index (χ3n) is 0.944. The Hall–Kier alpha value is 1.03. The second-order valence-electron chi connectivity index (χ2n) is 1.61. The molecule has 0 aromatic heterocycles. The van der Waals surface area contributed by atoms with Crippen molar-refractivity contribution in [3.05, 3.63) is 24.3 Å². The molecule has 0 spiro atoms. The molecule has 1 aromatic carbocycles. The maximum absolute atomic E-state index is 5.36. The Morgan fingerprint density at radius 1 is 1.27 bits per heavy atom. The number of hydrogen-bond donors (Lipinski definition) is 1. The van der Waals surface area contributed by atoms with Gasteiger partial charge in [0.05, 0.1) is 7.11 Å². The summed E-state index contributed by atoms with van der Waals surface area (Å²) in [7, 11) is 1.57. The van der Waals surface area contributed by atoms with Gasteiger partial charge in [-0.15, -0.1) is 5.75 Å². The maximum atomic E-state index is 5.36. The average molecular weight is 299 g/mol. The number of rotatable bonds is 1. The van der Waals surface area contributed by atoms with Crippen molar-refractivity contribution >= 4 is 5.69 Å². The summed E-state index contributed by atoms with van der Waals surface area (Å²) in [5.74, 6) is 0.587. The van der Waals surface area contributed by atoms with E-state index in [9.17, 15) is 0 Å². The molecule has 0 atom stereocenters. The van der Waals surface area contributed by atoms with Gasteiger partial charge < -0.3 is 22.6 Å². The molecule has 0 heterocycles. The first-order chi connectivity index (χ1) is 4.33. The van der Waals surface area contributed by atoms with E-state index in [-0.39, 0.29) is 65.4 Å². The molecule has 0 saturated heterocycles. The van der Waals surface area contributed by atoms with Crippen LogP contribution >= 0.6 is 0 Å². The van der Waals surface area contributed by atoms with Crippen LogP contribution in [0.2, 0.25) is 0 Å². The minimum Gasteiger partial charge on any atom is -0.547 e. The SMILES string of the molecule is COc1[c-]cc(N)c[c-]1.[Y].[Y]. The molecule has 0 bridgehead atoms. The van der Waals surface area contributed by atoms with E-state index in [1.807, 2.05) is 0 Å². The van der Waals surface area contributed by atoms with Gasteiger partial charge >= 0.3 is 0 Å². The van der Waals surface area contributed by atoms with E-state index < -0.39 is 0 Å². The van der Waals surface area contributed by atoms with Crippen molar-refractivity contribution in [3.63, 3.8) is 0 Å². The van der Waals surface area contributed by atoms with Crippen LogP contribution in [0.4, 0.5) is 5.69 Å². The fourth-order valence-corrected chi connectivity index (χ4v) is 0.499. The van der Waals surface area contributed by atoms with Crippen molar-refractivity contribution in [2.24, 2.45) is 0 Å². The fraction of sp³-hybridized carbons (Fsp3) is 0.143. The third-order valence-corrected chi connectivity index (χ3v) is 0.944. The van der Waals surface area contributed by atoms with Crippen LogP contribution in [0.1, 0.15) is 0 Å². The van der Waals surface area contributed by atoms with E-state index in [0.29, 0.717) is 11.4 Å². The Balaban J connectivity index is 0. The molecule has 0 aliphatic heterocycles. The summed E-state index contributed by atoms with van der Waals surface area (Å²) in [6.45, 7) is 0. The predicted molar refractivity (Wildman–Crippen MR) is 35.1 cm³/mol. The summed E-state index contributed by atoms with van der Waals surface area (Å²) >= 11 is 0. The topological polar surface area (TPSA) is 35.2 Å². The largest absolute Gasteiger partial charge is 0.547 e.